The maximum atomic E-state index is 11.4. The topological polar surface area (TPSA) is 55.4 Å². The highest BCUT2D eigenvalue weighted by Gasteiger charge is 2.54. The van der Waals surface area contributed by atoms with Crippen molar-refractivity contribution < 1.29 is 14.4 Å². The summed E-state index contributed by atoms with van der Waals surface area (Å²) in [6, 6.07) is 0. The molecule has 1 N–H and O–H groups in total. The van der Waals surface area contributed by atoms with E-state index in [9.17, 15) is 9.59 Å². The molecule has 0 spiro atoms. The van der Waals surface area contributed by atoms with E-state index in [0.717, 1.165) is 6.42 Å². The number of fused-ring (bicyclic) bond motifs is 5. The third kappa shape index (κ3) is 0.753. The Labute approximate surface area is 74.9 Å². The Morgan fingerprint density at radius 1 is 1.23 bits per heavy atom. The van der Waals surface area contributed by atoms with Crippen molar-refractivity contribution in [1.29, 1.82) is 0 Å². The van der Waals surface area contributed by atoms with Crippen LogP contribution >= 0.6 is 0 Å². The van der Waals surface area contributed by atoms with Crippen LogP contribution in [0.3, 0.4) is 0 Å². The van der Waals surface area contributed by atoms with Crippen LogP contribution in [0.1, 0.15) is 6.42 Å². The molecule has 1 saturated carbocycles. The fourth-order valence-electron chi connectivity index (χ4n) is 2.74. The number of hydrogen-bond donors (Lipinski definition) is 1. The van der Waals surface area contributed by atoms with E-state index in [1.54, 1.807) is 0 Å². The molecule has 3 rings (SSSR count). The molecule has 1 amide bonds. The Kier molecular flexibility index (Phi) is 1.17. The first kappa shape index (κ1) is 7.12. The van der Waals surface area contributed by atoms with Gasteiger partial charge in [0.15, 0.2) is 0 Å². The Balaban J connectivity index is 2.03. The van der Waals surface area contributed by atoms with Gasteiger partial charge in [-0.1, -0.05) is 12.2 Å². The van der Waals surface area contributed by atoms with Crippen molar-refractivity contribution in [2.45, 2.75) is 6.42 Å². The largest absolute Gasteiger partial charge is 0.340 e. The normalized spacial score (nSPS) is 45.8. The predicted molar refractivity (Wildman–Crippen MR) is 42.0 cm³/mol. The van der Waals surface area contributed by atoms with Gasteiger partial charge in [0.25, 0.3) is 5.91 Å². The van der Waals surface area contributed by atoms with E-state index in [1.165, 1.54) is 0 Å². The summed E-state index contributed by atoms with van der Waals surface area (Å²) in [5, 5.41) is 0. The maximum absolute atomic E-state index is 11.4. The van der Waals surface area contributed by atoms with Gasteiger partial charge in [-0.25, -0.2) is 4.79 Å². The highest BCUT2D eigenvalue weighted by molar-refractivity contribution is 5.90. The van der Waals surface area contributed by atoms with Crippen molar-refractivity contribution >= 4 is 11.9 Å². The van der Waals surface area contributed by atoms with Crippen molar-refractivity contribution in [2.75, 3.05) is 0 Å². The van der Waals surface area contributed by atoms with Crippen LogP contribution in [0, 0.1) is 23.7 Å². The van der Waals surface area contributed by atoms with E-state index < -0.39 is 0 Å². The SMILES string of the molecule is O=C1ONC(=O)[C@H]2[C@@H]1[C@H]1C=C[C@@H]2C1. The average Bonchev–Trinajstić information content (AvgIpc) is 2.70. The summed E-state index contributed by atoms with van der Waals surface area (Å²) in [6.45, 7) is 0. The standard InChI is InChI=1S/C9H9NO3/c11-8-6-4-1-2-5(3-4)7(6)9(12)13-10-8/h1-2,4-7H,3H2,(H,10,11)/t4-,5+,6-,7+/m1/s1. The van der Waals surface area contributed by atoms with Gasteiger partial charge in [-0.15, -0.1) is 0 Å². The fraction of sp³-hybridized carbons (Fsp3) is 0.556. The zero-order valence-electron chi connectivity index (χ0n) is 6.90. The number of nitrogens with one attached hydrogen (secondary N) is 1. The monoisotopic (exact) mass is 179 g/mol. The minimum absolute atomic E-state index is 0.138. The van der Waals surface area contributed by atoms with Crippen LogP contribution in [-0.4, -0.2) is 11.9 Å². The molecule has 2 bridgehead atoms. The molecule has 4 heteroatoms. The fourth-order valence-corrected chi connectivity index (χ4v) is 2.74. The summed E-state index contributed by atoms with van der Waals surface area (Å²) in [6.07, 6.45) is 5.01. The molecule has 1 heterocycles. The Morgan fingerprint density at radius 2 is 1.92 bits per heavy atom. The molecule has 2 aliphatic carbocycles. The molecule has 4 atom stereocenters. The predicted octanol–water partition coefficient (Wildman–Crippen LogP) is 0.0127. The second-order valence-corrected chi connectivity index (χ2v) is 3.89. The van der Waals surface area contributed by atoms with Crippen molar-refractivity contribution in [3.05, 3.63) is 12.2 Å². The van der Waals surface area contributed by atoms with Gasteiger partial charge in [0, 0.05) is 0 Å². The number of carbonyl (C=O) groups excluding carboxylic acids is 2. The molecule has 68 valence electrons. The molecule has 1 aliphatic heterocycles. The first-order valence-corrected chi connectivity index (χ1v) is 4.46. The number of allylic oxidation sites excluding steroid dienone is 2. The van der Waals surface area contributed by atoms with Gasteiger partial charge in [-0.2, -0.15) is 5.48 Å². The van der Waals surface area contributed by atoms with Gasteiger partial charge in [0.2, 0.25) is 0 Å². The zero-order valence-corrected chi connectivity index (χ0v) is 6.90. The summed E-state index contributed by atoms with van der Waals surface area (Å²) in [7, 11) is 0. The van der Waals surface area contributed by atoms with Crippen LogP contribution in [0.2, 0.25) is 0 Å². The quantitative estimate of drug-likeness (QED) is 0.533. The van der Waals surface area contributed by atoms with Crippen LogP contribution in [0.25, 0.3) is 0 Å². The van der Waals surface area contributed by atoms with Crippen LogP contribution < -0.4 is 5.48 Å². The highest BCUT2D eigenvalue weighted by atomic mass is 16.7. The summed E-state index contributed by atoms with van der Waals surface area (Å²) in [4.78, 5) is 27.3. The Hall–Kier alpha value is -1.32. The number of rotatable bonds is 0. The Bertz CT molecular complexity index is 293. The van der Waals surface area contributed by atoms with E-state index in [-0.39, 0.29) is 35.5 Å². The van der Waals surface area contributed by atoms with Gasteiger partial charge in [-0.3, -0.25) is 4.79 Å². The van der Waals surface area contributed by atoms with Crippen LogP contribution in [0.5, 0.6) is 0 Å². The van der Waals surface area contributed by atoms with Crippen molar-refractivity contribution in [2.24, 2.45) is 23.7 Å². The molecule has 0 aromatic rings. The summed E-state index contributed by atoms with van der Waals surface area (Å²) in [5.41, 5.74) is 2.17. The molecule has 13 heavy (non-hydrogen) atoms. The van der Waals surface area contributed by atoms with Gasteiger partial charge in [0.05, 0.1) is 11.8 Å². The summed E-state index contributed by atoms with van der Waals surface area (Å²) < 4.78 is 0. The first-order valence-electron chi connectivity index (χ1n) is 4.46. The minimum atomic E-state index is -0.276. The van der Waals surface area contributed by atoms with Crippen LogP contribution in [-0.2, 0) is 14.4 Å². The molecule has 4 nitrogen and oxygen atoms in total. The van der Waals surface area contributed by atoms with Crippen molar-refractivity contribution in [3.8, 4) is 0 Å². The third-order valence-corrected chi connectivity index (χ3v) is 3.29. The average molecular weight is 179 g/mol. The molecular formula is C9H9NO3. The van der Waals surface area contributed by atoms with Crippen LogP contribution in [0.4, 0.5) is 0 Å². The van der Waals surface area contributed by atoms with Gasteiger partial charge < -0.3 is 4.84 Å². The van der Waals surface area contributed by atoms with Gasteiger partial charge in [0.1, 0.15) is 0 Å². The number of hydroxylamine groups is 1. The molecule has 0 radical (unpaired) electrons. The number of hydrogen-bond acceptors (Lipinski definition) is 3. The van der Waals surface area contributed by atoms with E-state index in [4.69, 9.17) is 0 Å². The van der Waals surface area contributed by atoms with E-state index >= 15 is 0 Å². The first-order chi connectivity index (χ1) is 6.27. The van der Waals surface area contributed by atoms with Crippen LogP contribution in [0.15, 0.2) is 12.2 Å². The molecular weight excluding hydrogens is 170 g/mol. The molecule has 0 aromatic carbocycles. The lowest BCUT2D eigenvalue weighted by Gasteiger charge is -2.29. The summed E-state index contributed by atoms with van der Waals surface area (Å²) in [5.74, 6) is -0.320. The lowest BCUT2D eigenvalue weighted by Crippen LogP contribution is -2.48. The number of amides is 1. The maximum Gasteiger partial charge on any atom is 0.336 e. The van der Waals surface area contributed by atoms with Gasteiger partial charge in [-0.05, 0) is 18.3 Å². The van der Waals surface area contributed by atoms with Crippen molar-refractivity contribution in [3.63, 3.8) is 0 Å². The second-order valence-electron chi connectivity index (χ2n) is 3.89. The zero-order chi connectivity index (χ0) is 9.00. The lowest BCUT2D eigenvalue weighted by atomic mass is 9.82. The second kappa shape index (κ2) is 2.13. The van der Waals surface area contributed by atoms with Gasteiger partial charge >= 0.3 is 5.97 Å². The molecule has 1 saturated heterocycles. The molecule has 0 unspecified atom stereocenters. The van der Waals surface area contributed by atoms with E-state index in [0.29, 0.717) is 0 Å². The summed E-state index contributed by atoms with van der Waals surface area (Å²) >= 11 is 0. The third-order valence-electron chi connectivity index (χ3n) is 3.29. The van der Waals surface area contributed by atoms with E-state index in [1.807, 2.05) is 12.2 Å². The van der Waals surface area contributed by atoms with Crippen molar-refractivity contribution in [1.82, 2.24) is 5.48 Å². The lowest BCUT2D eigenvalue weighted by molar-refractivity contribution is -0.176. The Morgan fingerprint density at radius 3 is 2.62 bits per heavy atom. The minimum Gasteiger partial charge on any atom is -0.340 e. The molecule has 3 aliphatic rings. The smallest absolute Gasteiger partial charge is 0.336 e. The van der Waals surface area contributed by atoms with E-state index in [2.05, 4.69) is 10.3 Å². The molecule has 0 aromatic heterocycles. The highest BCUT2D eigenvalue weighted by Crippen LogP contribution is 2.49. The number of carbonyl (C=O) groups is 2. The molecule has 2 fully saturated rings.